The highest BCUT2D eigenvalue weighted by Crippen LogP contribution is 2.26. The maximum Gasteiger partial charge on any atom is 0.234 e. The lowest BCUT2D eigenvalue weighted by Crippen LogP contribution is -2.36. The third-order valence-corrected chi connectivity index (χ3v) is 7.11. The zero-order chi connectivity index (χ0) is 22.6. The smallest absolute Gasteiger partial charge is 0.234 e. The number of hydrogen-bond donors (Lipinski definition) is 1. The van der Waals surface area contributed by atoms with E-state index in [4.69, 9.17) is 14.7 Å². The summed E-state index contributed by atoms with van der Waals surface area (Å²) in [5, 5.41) is 4.47. The van der Waals surface area contributed by atoms with Crippen molar-refractivity contribution in [1.82, 2.24) is 14.9 Å². The van der Waals surface area contributed by atoms with Gasteiger partial charge in [-0.15, -0.1) is 0 Å². The lowest BCUT2D eigenvalue weighted by molar-refractivity contribution is -0.113. The number of ether oxygens (including phenoxy) is 1. The van der Waals surface area contributed by atoms with Crippen LogP contribution in [0.1, 0.15) is 5.82 Å². The zero-order valence-corrected chi connectivity index (χ0v) is 19.3. The number of nitrogens with zero attached hydrogens (tertiary/aromatic N) is 3. The van der Waals surface area contributed by atoms with Gasteiger partial charge in [-0.25, -0.2) is 18.4 Å². The van der Waals surface area contributed by atoms with Crippen LogP contribution in [-0.4, -0.2) is 67.5 Å². The first-order chi connectivity index (χ1) is 15.4. The second kappa shape index (κ2) is 9.95. The Morgan fingerprint density at radius 2 is 1.81 bits per heavy atom. The minimum atomic E-state index is -3.27. The summed E-state index contributed by atoms with van der Waals surface area (Å²) >= 11 is 1.36. The second-order valence-corrected chi connectivity index (χ2v) is 10.5. The van der Waals surface area contributed by atoms with Crippen molar-refractivity contribution in [3.63, 3.8) is 0 Å². The number of para-hydroxylation sites is 1. The summed E-state index contributed by atoms with van der Waals surface area (Å²) in [6, 6.07) is 13.9. The number of sulfone groups is 1. The molecule has 0 spiro atoms. The van der Waals surface area contributed by atoms with Crippen molar-refractivity contribution in [2.24, 2.45) is 0 Å². The molecule has 2 heterocycles. The molecule has 0 bridgehead atoms. The number of amides is 1. The average Bonchev–Trinajstić information content (AvgIpc) is 2.78. The van der Waals surface area contributed by atoms with Crippen LogP contribution in [0.4, 0.5) is 5.69 Å². The number of fused-ring (bicyclic) bond motifs is 1. The Kier molecular flexibility index (Phi) is 7.04. The SMILES string of the molecule is CS(=O)(=O)c1ccc(NC(=O)CSc2nc(CN3CCOCC3)nc3ccccc23)cc1. The fourth-order valence-corrected chi connectivity index (χ4v) is 4.82. The van der Waals surface area contributed by atoms with Gasteiger partial charge >= 0.3 is 0 Å². The van der Waals surface area contributed by atoms with E-state index in [2.05, 4.69) is 10.2 Å². The van der Waals surface area contributed by atoms with Crippen molar-refractivity contribution in [2.75, 3.05) is 43.6 Å². The molecule has 0 atom stereocenters. The van der Waals surface area contributed by atoms with Gasteiger partial charge in [0.05, 0.1) is 35.9 Å². The van der Waals surface area contributed by atoms with Crippen molar-refractivity contribution in [1.29, 1.82) is 0 Å². The molecule has 1 aromatic heterocycles. The minimum absolute atomic E-state index is 0.172. The van der Waals surface area contributed by atoms with Crippen LogP contribution in [0.2, 0.25) is 0 Å². The first-order valence-corrected chi connectivity index (χ1v) is 13.0. The molecule has 1 aliphatic heterocycles. The molecule has 32 heavy (non-hydrogen) atoms. The maximum absolute atomic E-state index is 12.5. The van der Waals surface area contributed by atoms with E-state index in [1.807, 2.05) is 24.3 Å². The molecule has 1 N–H and O–H groups in total. The van der Waals surface area contributed by atoms with E-state index in [0.717, 1.165) is 41.1 Å². The Hall–Kier alpha value is -2.53. The van der Waals surface area contributed by atoms with Gasteiger partial charge in [-0.1, -0.05) is 30.0 Å². The largest absolute Gasteiger partial charge is 0.379 e. The second-order valence-electron chi connectivity index (χ2n) is 7.48. The highest BCUT2D eigenvalue weighted by molar-refractivity contribution is 8.00. The first kappa shape index (κ1) is 22.7. The first-order valence-electron chi connectivity index (χ1n) is 10.2. The van der Waals surface area contributed by atoms with Crippen molar-refractivity contribution in [3.8, 4) is 0 Å². The van der Waals surface area contributed by atoms with Gasteiger partial charge in [0.25, 0.3) is 0 Å². The standard InChI is InChI=1S/C22H24N4O4S2/c1-32(28,29)17-8-6-16(7-9-17)23-21(27)15-31-22-18-4-2-3-5-19(18)24-20(25-22)14-26-10-12-30-13-11-26/h2-9H,10-15H2,1H3,(H,23,27). The molecule has 10 heteroatoms. The highest BCUT2D eigenvalue weighted by Gasteiger charge is 2.15. The quantitative estimate of drug-likeness (QED) is 0.414. The Labute approximate surface area is 191 Å². The number of thioether (sulfide) groups is 1. The minimum Gasteiger partial charge on any atom is -0.379 e. The van der Waals surface area contributed by atoms with E-state index in [9.17, 15) is 13.2 Å². The van der Waals surface area contributed by atoms with E-state index < -0.39 is 9.84 Å². The molecule has 0 aliphatic carbocycles. The molecule has 1 saturated heterocycles. The molecule has 4 rings (SSSR count). The third-order valence-electron chi connectivity index (χ3n) is 4.99. The number of hydrogen-bond acceptors (Lipinski definition) is 8. The predicted octanol–water partition coefficient (Wildman–Crippen LogP) is 2.60. The Balaban J connectivity index is 1.45. The summed E-state index contributed by atoms with van der Waals surface area (Å²) in [7, 11) is -3.27. The van der Waals surface area contributed by atoms with Crippen molar-refractivity contribution < 1.29 is 17.9 Å². The molecule has 8 nitrogen and oxygen atoms in total. The van der Waals surface area contributed by atoms with E-state index in [1.54, 1.807) is 12.1 Å². The molecule has 3 aromatic rings. The number of anilines is 1. The summed E-state index contributed by atoms with van der Waals surface area (Å²) in [6.45, 7) is 3.75. The molecule has 1 amide bonds. The summed E-state index contributed by atoms with van der Waals surface area (Å²) < 4.78 is 28.6. The number of morpholine rings is 1. The highest BCUT2D eigenvalue weighted by atomic mass is 32.2. The monoisotopic (exact) mass is 472 g/mol. The number of carbonyl (C=O) groups excluding carboxylic acids is 1. The van der Waals surface area contributed by atoms with Gasteiger partial charge in [-0.2, -0.15) is 0 Å². The molecule has 0 unspecified atom stereocenters. The third kappa shape index (κ3) is 5.83. The van der Waals surface area contributed by atoms with Crippen LogP contribution in [0.15, 0.2) is 58.5 Å². The molecule has 0 saturated carbocycles. The molecule has 1 fully saturated rings. The van der Waals surface area contributed by atoms with Crippen LogP contribution >= 0.6 is 11.8 Å². The average molecular weight is 473 g/mol. The van der Waals surface area contributed by atoms with Crippen LogP contribution in [-0.2, 0) is 25.9 Å². The van der Waals surface area contributed by atoms with Gasteiger partial charge in [-0.05, 0) is 30.3 Å². The fourth-order valence-electron chi connectivity index (χ4n) is 3.35. The van der Waals surface area contributed by atoms with Crippen LogP contribution in [0, 0.1) is 0 Å². The van der Waals surface area contributed by atoms with Gasteiger partial charge < -0.3 is 10.1 Å². The summed E-state index contributed by atoms with van der Waals surface area (Å²) in [5.41, 5.74) is 1.40. The van der Waals surface area contributed by atoms with Crippen molar-refractivity contribution in [2.45, 2.75) is 16.5 Å². The Bertz CT molecular complexity index is 1210. The number of benzene rings is 2. The normalized spacial score (nSPS) is 15.0. The Morgan fingerprint density at radius 1 is 1.09 bits per heavy atom. The fraction of sp³-hybridized carbons (Fsp3) is 0.318. The number of rotatable bonds is 7. The summed E-state index contributed by atoms with van der Waals surface area (Å²) in [5.74, 6) is 0.704. The van der Waals surface area contributed by atoms with Crippen molar-refractivity contribution >= 4 is 44.1 Å². The van der Waals surface area contributed by atoms with E-state index in [-0.39, 0.29) is 16.6 Å². The van der Waals surface area contributed by atoms with Gasteiger partial charge in [0.2, 0.25) is 5.91 Å². The van der Waals surface area contributed by atoms with Crippen LogP contribution in [0.3, 0.4) is 0 Å². The zero-order valence-electron chi connectivity index (χ0n) is 17.7. The molecule has 168 valence electrons. The number of carbonyl (C=O) groups is 1. The Morgan fingerprint density at radius 3 is 2.53 bits per heavy atom. The number of nitrogens with one attached hydrogen (secondary N) is 1. The summed E-state index contributed by atoms with van der Waals surface area (Å²) in [6.07, 6.45) is 1.15. The van der Waals surface area contributed by atoms with Gasteiger partial charge in [0, 0.05) is 30.4 Å². The number of aromatic nitrogens is 2. The van der Waals surface area contributed by atoms with E-state index in [0.29, 0.717) is 25.4 Å². The van der Waals surface area contributed by atoms with Gasteiger partial charge in [0.1, 0.15) is 10.9 Å². The van der Waals surface area contributed by atoms with E-state index >= 15 is 0 Å². The van der Waals surface area contributed by atoms with Crippen LogP contribution in [0.5, 0.6) is 0 Å². The lowest BCUT2D eigenvalue weighted by atomic mass is 10.2. The van der Waals surface area contributed by atoms with Gasteiger partial charge in [0.15, 0.2) is 9.84 Å². The summed E-state index contributed by atoms with van der Waals surface area (Å²) in [4.78, 5) is 24.4. The van der Waals surface area contributed by atoms with Crippen molar-refractivity contribution in [3.05, 3.63) is 54.4 Å². The predicted molar refractivity (Wildman–Crippen MR) is 125 cm³/mol. The maximum atomic E-state index is 12.5. The molecule has 1 aliphatic rings. The van der Waals surface area contributed by atoms with E-state index in [1.165, 1.54) is 23.9 Å². The molecule has 0 radical (unpaired) electrons. The molecular formula is C22H24N4O4S2. The molecular weight excluding hydrogens is 448 g/mol. The van der Waals surface area contributed by atoms with Gasteiger partial charge in [-0.3, -0.25) is 9.69 Å². The molecule has 2 aromatic carbocycles. The lowest BCUT2D eigenvalue weighted by Gasteiger charge is -2.25. The topological polar surface area (TPSA) is 101 Å². The van der Waals surface area contributed by atoms with Crippen LogP contribution in [0.25, 0.3) is 10.9 Å². The van der Waals surface area contributed by atoms with Crippen LogP contribution < -0.4 is 5.32 Å².